The highest BCUT2D eigenvalue weighted by Crippen LogP contribution is 2.68. The smallest absolute Gasteiger partial charge is 0.229 e. The second-order valence-corrected chi connectivity index (χ2v) is 9.94. The van der Waals surface area contributed by atoms with E-state index in [9.17, 15) is 4.79 Å². The number of amides is 1. The Bertz CT molecular complexity index is 730. The zero-order valence-electron chi connectivity index (χ0n) is 17.3. The SMILES string of the molecule is COC(NN)NC12CC(C(=O)N3CCC4(CC3)CN(Cc3ccccc3)C4)(C1)C2. The van der Waals surface area contributed by atoms with Gasteiger partial charge in [0.25, 0.3) is 0 Å². The molecule has 5 aliphatic rings. The second kappa shape index (κ2) is 7.03. The minimum Gasteiger partial charge on any atom is -0.352 e. The van der Waals surface area contributed by atoms with Gasteiger partial charge in [-0.3, -0.25) is 20.9 Å². The molecule has 0 aromatic heterocycles. The van der Waals surface area contributed by atoms with Crippen molar-refractivity contribution in [2.45, 2.75) is 50.5 Å². The van der Waals surface area contributed by atoms with E-state index in [-0.39, 0.29) is 17.3 Å². The highest BCUT2D eigenvalue weighted by Gasteiger charge is 2.72. The largest absolute Gasteiger partial charge is 0.352 e. The van der Waals surface area contributed by atoms with Crippen LogP contribution in [0.25, 0.3) is 0 Å². The lowest BCUT2D eigenvalue weighted by Gasteiger charge is -2.70. The molecule has 3 aliphatic carbocycles. The summed E-state index contributed by atoms with van der Waals surface area (Å²) in [4.78, 5) is 17.8. The van der Waals surface area contributed by atoms with Crippen LogP contribution in [0.3, 0.4) is 0 Å². The molecule has 2 aliphatic heterocycles. The maximum absolute atomic E-state index is 13.1. The molecule has 7 nitrogen and oxygen atoms in total. The fourth-order valence-electron chi connectivity index (χ4n) is 6.31. The number of nitrogens with zero attached hydrogens (tertiary/aromatic N) is 2. The molecule has 1 unspecified atom stereocenters. The van der Waals surface area contributed by atoms with Crippen LogP contribution in [0, 0.1) is 10.8 Å². The topological polar surface area (TPSA) is 82.9 Å². The van der Waals surface area contributed by atoms with Crippen LogP contribution in [-0.4, -0.2) is 60.9 Å². The number of hydrogen-bond acceptors (Lipinski definition) is 6. The van der Waals surface area contributed by atoms with Gasteiger partial charge in [0.05, 0.1) is 5.41 Å². The Morgan fingerprint density at radius 2 is 1.83 bits per heavy atom. The van der Waals surface area contributed by atoms with Crippen molar-refractivity contribution in [2.24, 2.45) is 16.7 Å². The van der Waals surface area contributed by atoms with Crippen LogP contribution in [0.15, 0.2) is 30.3 Å². The van der Waals surface area contributed by atoms with Crippen molar-refractivity contribution >= 4 is 5.91 Å². The average Bonchev–Trinajstić information content (AvgIpc) is 2.66. The predicted molar refractivity (Wildman–Crippen MR) is 110 cm³/mol. The van der Waals surface area contributed by atoms with Gasteiger partial charge in [-0.15, -0.1) is 0 Å². The van der Waals surface area contributed by atoms with Crippen LogP contribution >= 0.6 is 0 Å². The molecule has 0 radical (unpaired) electrons. The number of carbonyl (C=O) groups excluding carboxylic acids is 1. The van der Waals surface area contributed by atoms with Gasteiger partial charge in [0.15, 0.2) is 6.35 Å². The molecular formula is C22H33N5O2. The number of nitrogens with two attached hydrogens (primary N) is 1. The Balaban J connectivity index is 1.08. The maximum atomic E-state index is 13.1. The first-order valence-electron chi connectivity index (χ1n) is 10.8. The van der Waals surface area contributed by atoms with Crippen molar-refractivity contribution in [2.75, 3.05) is 33.3 Å². The quantitative estimate of drug-likeness (QED) is 0.361. The first-order valence-corrected chi connectivity index (χ1v) is 10.8. The molecule has 2 heterocycles. The Morgan fingerprint density at radius 1 is 1.17 bits per heavy atom. The predicted octanol–water partition coefficient (Wildman–Crippen LogP) is 1.02. The van der Waals surface area contributed by atoms with E-state index in [2.05, 4.69) is 50.9 Å². The summed E-state index contributed by atoms with van der Waals surface area (Å²) >= 11 is 0. The number of benzene rings is 1. The van der Waals surface area contributed by atoms with E-state index in [4.69, 9.17) is 10.6 Å². The average molecular weight is 400 g/mol. The number of likely N-dealkylation sites (tertiary alicyclic amines) is 2. The zero-order valence-corrected chi connectivity index (χ0v) is 17.3. The number of methoxy groups -OCH3 is 1. The highest BCUT2D eigenvalue weighted by molar-refractivity contribution is 5.87. The van der Waals surface area contributed by atoms with E-state index in [1.165, 1.54) is 18.7 Å². The van der Waals surface area contributed by atoms with Crippen LogP contribution < -0.4 is 16.6 Å². The van der Waals surface area contributed by atoms with E-state index in [0.717, 1.165) is 51.7 Å². The molecule has 29 heavy (non-hydrogen) atoms. The van der Waals surface area contributed by atoms with Crippen molar-refractivity contribution < 1.29 is 9.53 Å². The lowest BCUT2D eigenvalue weighted by atomic mass is 9.39. The third kappa shape index (κ3) is 3.29. The van der Waals surface area contributed by atoms with Crippen molar-refractivity contribution in [1.82, 2.24) is 20.5 Å². The van der Waals surface area contributed by atoms with Gasteiger partial charge in [0, 0.05) is 45.4 Å². The van der Waals surface area contributed by atoms with Crippen molar-refractivity contribution in [3.05, 3.63) is 35.9 Å². The fourth-order valence-corrected chi connectivity index (χ4v) is 6.31. The number of hydrazine groups is 1. The molecule has 2 bridgehead atoms. The summed E-state index contributed by atoms with van der Waals surface area (Å²) in [6, 6.07) is 10.7. The molecule has 3 saturated carbocycles. The van der Waals surface area contributed by atoms with Crippen LogP contribution in [0.1, 0.15) is 37.7 Å². The Labute approximate surface area is 172 Å². The van der Waals surface area contributed by atoms with E-state index >= 15 is 0 Å². The van der Waals surface area contributed by atoms with Gasteiger partial charge in [-0.25, -0.2) is 5.43 Å². The summed E-state index contributed by atoms with van der Waals surface area (Å²) in [7, 11) is 1.62. The molecule has 7 heteroatoms. The summed E-state index contributed by atoms with van der Waals surface area (Å²) in [6.07, 6.45) is 4.67. The molecule has 4 N–H and O–H groups in total. The molecule has 6 rings (SSSR count). The summed E-state index contributed by atoms with van der Waals surface area (Å²) in [5.74, 6) is 5.86. The third-order valence-corrected chi connectivity index (χ3v) is 7.79. The first-order chi connectivity index (χ1) is 14.0. The van der Waals surface area contributed by atoms with Crippen LogP contribution in [-0.2, 0) is 16.1 Å². The Morgan fingerprint density at radius 3 is 2.41 bits per heavy atom. The Hall–Kier alpha value is -1.51. The van der Waals surface area contributed by atoms with E-state index in [0.29, 0.717) is 11.3 Å². The van der Waals surface area contributed by atoms with Crippen molar-refractivity contribution in [3.8, 4) is 0 Å². The summed E-state index contributed by atoms with van der Waals surface area (Å²) < 4.78 is 5.25. The first kappa shape index (κ1) is 19.5. The second-order valence-electron chi connectivity index (χ2n) is 9.94. The minimum absolute atomic E-state index is 0.0334. The van der Waals surface area contributed by atoms with Crippen LogP contribution in [0.5, 0.6) is 0 Å². The number of carbonyl (C=O) groups is 1. The number of hydrogen-bond donors (Lipinski definition) is 3. The lowest BCUT2D eigenvalue weighted by Crippen LogP contribution is -2.80. The summed E-state index contributed by atoms with van der Waals surface area (Å²) in [6.45, 7) is 5.24. The summed E-state index contributed by atoms with van der Waals surface area (Å²) in [5.41, 5.74) is 4.35. The van der Waals surface area contributed by atoms with E-state index < -0.39 is 0 Å². The van der Waals surface area contributed by atoms with Gasteiger partial charge >= 0.3 is 0 Å². The molecule has 1 aromatic carbocycles. The number of piperidine rings is 1. The van der Waals surface area contributed by atoms with E-state index in [1.807, 2.05) is 0 Å². The normalized spacial score (nSPS) is 33.5. The van der Waals surface area contributed by atoms with Crippen molar-refractivity contribution in [3.63, 3.8) is 0 Å². The van der Waals surface area contributed by atoms with Crippen LogP contribution in [0.2, 0.25) is 0 Å². The van der Waals surface area contributed by atoms with Gasteiger partial charge in [0.2, 0.25) is 5.91 Å². The number of nitrogens with one attached hydrogen (secondary N) is 2. The third-order valence-electron chi connectivity index (χ3n) is 7.79. The lowest BCUT2D eigenvalue weighted by molar-refractivity contribution is -0.204. The molecule has 1 atom stereocenters. The molecule has 5 fully saturated rings. The molecule has 2 saturated heterocycles. The molecule has 158 valence electrons. The summed E-state index contributed by atoms with van der Waals surface area (Å²) in [5, 5.41) is 3.40. The van der Waals surface area contributed by atoms with E-state index in [1.54, 1.807) is 7.11 Å². The van der Waals surface area contributed by atoms with Gasteiger partial charge in [-0.05, 0) is 43.1 Å². The minimum atomic E-state index is -0.351. The maximum Gasteiger partial charge on any atom is 0.229 e. The van der Waals surface area contributed by atoms with Gasteiger partial charge < -0.3 is 9.64 Å². The highest BCUT2D eigenvalue weighted by atomic mass is 16.5. The molecule has 1 spiro atoms. The fraction of sp³-hybridized carbons (Fsp3) is 0.682. The van der Waals surface area contributed by atoms with Crippen molar-refractivity contribution in [1.29, 1.82) is 0 Å². The zero-order chi connectivity index (χ0) is 20.1. The molecule has 1 amide bonds. The van der Waals surface area contributed by atoms with Gasteiger partial charge in [-0.2, -0.15) is 0 Å². The number of ether oxygens (including phenoxy) is 1. The van der Waals surface area contributed by atoms with Gasteiger partial charge in [0.1, 0.15) is 0 Å². The van der Waals surface area contributed by atoms with Gasteiger partial charge in [-0.1, -0.05) is 30.3 Å². The number of rotatable bonds is 7. The molecular weight excluding hydrogens is 366 g/mol. The Kier molecular flexibility index (Phi) is 4.71. The monoisotopic (exact) mass is 399 g/mol. The molecule has 1 aromatic rings. The standard InChI is InChI=1S/C22H33N5O2/c1-29-19(25-23)24-22-12-21(13-22,14-22)18(28)27-9-7-20(8-10-27)15-26(16-20)11-17-5-3-2-4-6-17/h2-6,19,24-25H,7-16,23H2,1H3. The van der Waals surface area contributed by atoms with Crippen LogP contribution in [0.4, 0.5) is 0 Å².